The fourth-order valence-electron chi connectivity index (χ4n) is 3.42. The van der Waals surface area contributed by atoms with E-state index in [2.05, 4.69) is 5.32 Å². The van der Waals surface area contributed by atoms with Gasteiger partial charge in [-0.15, -0.1) is 0 Å². The number of hydrogen-bond acceptors (Lipinski definition) is 4. The highest BCUT2D eigenvalue weighted by Gasteiger charge is 2.29. The van der Waals surface area contributed by atoms with Gasteiger partial charge in [-0.05, 0) is 55.3 Å². The van der Waals surface area contributed by atoms with Crippen LogP contribution in [0.15, 0.2) is 77.7 Å². The molecule has 1 amide bonds. The number of nitrogens with zero attached hydrogens (tertiary/aromatic N) is 1. The number of anilines is 1. The first-order valence-electron chi connectivity index (χ1n) is 10.5. The Morgan fingerprint density at radius 1 is 1.03 bits per heavy atom. The lowest BCUT2D eigenvalue weighted by Crippen LogP contribution is -2.42. The van der Waals surface area contributed by atoms with E-state index in [0.29, 0.717) is 12.2 Å². The Kier molecular flexibility index (Phi) is 8.00. The fourth-order valence-corrected chi connectivity index (χ4v) is 5.15. The van der Waals surface area contributed by atoms with Gasteiger partial charge >= 0.3 is 0 Å². The number of sulfonamides is 1. The maximum atomic E-state index is 13.5. The number of rotatable bonds is 9. The Labute approximate surface area is 200 Å². The van der Waals surface area contributed by atoms with E-state index in [4.69, 9.17) is 16.3 Å². The molecule has 0 saturated heterocycles. The average molecular weight is 487 g/mol. The first-order valence-corrected chi connectivity index (χ1v) is 12.3. The van der Waals surface area contributed by atoms with Crippen molar-refractivity contribution in [3.05, 3.63) is 88.9 Å². The van der Waals surface area contributed by atoms with Gasteiger partial charge in [-0.3, -0.25) is 9.10 Å². The SMILES string of the molecule is CCC(NC(=O)CN(c1ccccc1Cl)S(=O)(=O)c1ccc(C)cc1)c1ccc(OC)cc1. The van der Waals surface area contributed by atoms with Gasteiger partial charge in [0.1, 0.15) is 12.3 Å². The third kappa shape index (κ3) is 5.86. The van der Waals surface area contributed by atoms with Crippen molar-refractivity contribution in [1.29, 1.82) is 0 Å². The van der Waals surface area contributed by atoms with E-state index in [0.717, 1.165) is 15.4 Å². The van der Waals surface area contributed by atoms with Gasteiger partial charge in [0, 0.05) is 0 Å². The summed E-state index contributed by atoms with van der Waals surface area (Å²) < 4.78 is 33.2. The second-order valence-corrected chi connectivity index (χ2v) is 9.85. The van der Waals surface area contributed by atoms with Gasteiger partial charge in [-0.2, -0.15) is 0 Å². The molecule has 0 fully saturated rings. The lowest BCUT2D eigenvalue weighted by molar-refractivity contribution is -0.120. The van der Waals surface area contributed by atoms with E-state index < -0.39 is 22.5 Å². The number of halogens is 1. The number of aryl methyl sites for hydroxylation is 1. The summed E-state index contributed by atoms with van der Waals surface area (Å²) in [7, 11) is -2.44. The fraction of sp³-hybridized carbons (Fsp3) is 0.240. The van der Waals surface area contributed by atoms with Crippen LogP contribution in [0, 0.1) is 6.92 Å². The Morgan fingerprint density at radius 3 is 2.24 bits per heavy atom. The summed E-state index contributed by atoms with van der Waals surface area (Å²) in [4.78, 5) is 13.1. The van der Waals surface area contributed by atoms with Crippen molar-refractivity contribution in [1.82, 2.24) is 5.32 Å². The second-order valence-electron chi connectivity index (χ2n) is 7.58. The van der Waals surface area contributed by atoms with Crippen molar-refractivity contribution >= 4 is 33.2 Å². The molecule has 3 aromatic rings. The van der Waals surface area contributed by atoms with Crippen LogP contribution in [0.5, 0.6) is 5.75 Å². The standard InChI is InChI=1S/C25H27ClN2O4S/c1-4-23(19-11-13-20(32-3)14-12-19)27-25(29)17-28(24-8-6-5-7-22(24)26)33(30,31)21-15-9-18(2)10-16-21/h5-16,23H,4,17H2,1-3H3,(H,27,29). The minimum absolute atomic E-state index is 0.0861. The van der Waals surface area contributed by atoms with Crippen molar-refractivity contribution in [2.24, 2.45) is 0 Å². The number of nitrogens with one attached hydrogen (secondary N) is 1. The van der Waals surface area contributed by atoms with Gasteiger partial charge in [0.2, 0.25) is 5.91 Å². The largest absolute Gasteiger partial charge is 0.497 e. The highest BCUT2D eigenvalue weighted by atomic mass is 35.5. The number of amides is 1. The minimum atomic E-state index is -4.03. The van der Waals surface area contributed by atoms with E-state index in [1.54, 1.807) is 43.5 Å². The molecule has 6 nitrogen and oxygen atoms in total. The zero-order valence-corrected chi connectivity index (χ0v) is 20.4. The summed E-state index contributed by atoms with van der Waals surface area (Å²) in [5.74, 6) is 0.280. The van der Waals surface area contributed by atoms with Gasteiger partial charge < -0.3 is 10.1 Å². The summed E-state index contributed by atoms with van der Waals surface area (Å²) in [6.45, 7) is 3.41. The van der Waals surface area contributed by atoms with Crippen molar-refractivity contribution < 1.29 is 17.9 Å². The molecule has 0 radical (unpaired) electrons. The number of carbonyl (C=O) groups is 1. The van der Waals surface area contributed by atoms with Gasteiger partial charge in [0.15, 0.2) is 0 Å². The smallest absolute Gasteiger partial charge is 0.264 e. The second kappa shape index (κ2) is 10.7. The summed E-state index contributed by atoms with van der Waals surface area (Å²) in [6.07, 6.45) is 0.634. The molecule has 0 heterocycles. The van der Waals surface area contributed by atoms with Crippen LogP contribution in [0.2, 0.25) is 5.02 Å². The van der Waals surface area contributed by atoms with E-state index in [1.807, 2.05) is 38.1 Å². The molecule has 0 spiro atoms. The van der Waals surface area contributed by atoms with Gasteiger partial charge in [-0.25, -0.2) is 8.42 Å². The molecular formula is C25H27ClN2O4S. The predicted octanol–water partition coefficient (Wildman–Crippen LogP) is 5.12. The highest BCUT2D eigenvalue weighted by Crippen LogP contribution is 2.30. The molecule has 0 bridgehead atoms. The van der Waals surface area contributed by atoms with Crippen LogP contribution >= 0.6 is 11.6 Å². The van der Waals surface area contributed by atoms with Crippen LogP contribution in [0.3, 0.4) is 0 Å². The number of ether oxygens (including phenoxy) is 1. The van der Waals surface area contributed by atoms with Crippen LogP contribution in [0.1, 0.15) is 30.5 Å². The molecule has 0 aliphatic rings. The Balaban J connectivity index is 1.90. The Bertz CT molecular complexity index is 1200. The van der Waals surface area contributed by atoms with E-state index in [-0.39, 0.29) is 21.6 Å². The molecule has 0 aliphatic carbocycles. The zero-order chi connectivity index (χ0) is 24.0. The third-order valence-electron chi connectivity index (χ3n) is 5.28. The minimum Gasteiger partial charge on any atom is -0.497 e. The van der Waals surface area contributed by atoms with E-state index in [1.165, 1.54) is 12.1 Å². The lowest BCUT2D eigenvalue weighted by Gasteiger charge is -2.26. The summed E-state index contributed by atoms with van der Waals surface area (Å²) in [5, 5.41) is 3.18. The van der Waals surface area contributed by atoms with Crippen molar-refractivity contribution in [2.45, 2.75) is 31.2 Å². The summed E-state index contributed by atoms with van der Waals surface area (Å²) in [6, 6.07) is 20.2. The van der Waals surface area contributed by atoms with Crippen LogP contribution < -0.4 is 14.4 Å². The number of methoxy groups -OCH3 is 1. The normalized spacial score (nSPS) is 12.1. The predicted molar refractivity (Wildman–Crippen MR) is 131 cm³/mol. The van der Waals surface area contributed by atoms with Crippen LogP contribution in [-0.2, 0) is 14.8 Å². The van der Waals surface area contributed by atoms with Crippen LogP contribution in [0.4, 0.5) is 5.69 Å². The molecule has 0 aromatic heterocycles. The molecule has 1 unspecified atom stereocenters. The Morgan fingerprint density at radius 2 is 1.67 bits per heavy atom. The maximum absolute atomic E-state index is 13.5. The molecule has 174 valence electrons. The number of carbonyl (C=O) groups excluding carboxylic acids is 1. The quantitative estimate of drug-likeness (QED) is 0.455. The van der Waals surface area contributed by atoms with Crippen molar-refractivity contribution in [2.75, 3.05) is 18.0 Å². The molecule has 0 aliphatic heterocycles. The topological polar surface area (TPSA) is 75.7 Å². The molecule has 1 N–H and O–H groups in total. The van der Waals surface area contributed by atoms with Crippen molar-refractivity contribution in [3.63, 3.8) is 0 Å². The average Bonchev–Trinajstić information content (AvgIpc) is 2.82. The van der Waals surface area contributed by atoms with Gasteiger partial charge in [0.05, 0.1) is 28.8 Å². The molecular weight excluding hydrogens is 460 g/mol. The van der Waals surface area contributed by atoms with E-state index >= 15 is 0 Å². The first kappa shape index (κ1) is 24.6. The number of benzene rings is 3. The molecule has 1 atom stereocenters. The van der Waals surface area contributed by atoms with Crippen molar-refractivity contribution in [3.8, 4) is 5.75 Å². The molecule has 0 saturated carbocycles. The summed E-state index contributed by atoms with van der Waals surface area (Å²) in [5.41, 5.74) is 2.07. The van der Waals surface area contributed by atoms with E-state index in [9.17, 15) is 13.2 Å². The van der Waals surface area contributed by atoms with Gasteiger partial charge in [-0.1, -0.05) is 60.5 Å². The van der Waals surface area contributed by atoms with Crippen LogP contribution in [-0.4, -0.2) is 28.0 Å². The Hall–Kier alpha value is -3.03. The number of hydrogen-bond donors (Lipinski definition) is 1. The van der Waals surface area contributed by atoms with Crippen LogP contribution in [0.25, 0.3) is 0 Å². The maximum Gasteiger partial charge on any atom is 0.264 e. The molecule has 3 aromatic carbocycles. The molecule has 8 heteroatoms. The third-order valence-corrected chi connectivity index (χ3v) is 7.37. The number of para-hydroxylation sites is 1. The first-order chi connectivity index (χ1) is 15.8. The monoisotopic (exact) mass is 486 g/mol. The molecule has 33 heavy (non-hydrogen) atoms. The highest BCUT2D eigenvalue weighted by molar-refractivity contribution is 7.92. The lowest BCUT2D eigenvalue weighted by atomic mass is 10.0. The molecule has 3 rings (SSSR count). The zero-order valence-electron chi connectivity index (χ0n) is 18.8. The van der Waals surface area contributed by atoms with Gasteiger partial charge in [0.25, 0.3) is 10.0 Å². The summed E-state index contributed by atoms with van der Waals surface area (Å²) >= 11 is 6.33.